The number of hydrogen-bond donors (Lipinski definition) is 4. The molecule has 0 saturated heterocycles. The van der Waals surface area contributed by atoms with Crippen LogP contribution in [0.1, 0.15) is 6.42 Å². The van der Waals surface area contributed by atoms with Crippen LogP contribution in [0.4, 0.5) is 0 Å². The summed E-state index contributed by atoms with van der Waals surface area (Å²) in [7, 11) is -2.65. The van der Waals surface area contributed by atoms with Gasteiger partial charge in [0.15, 0.2) is 17.4 Å². The van der Waals surface area contributed by atoms with E-state index >= 15 is 0 Å². The van der Waals surface area contributed by atoms with E-state index in [1.165, 1.54) is 0 Å². The molecule has 0 heterocycles. The molecule has 0 amide bonds. The van der Waals surface area contributed by atoms with E-state index in [0.29, 0.717) is 18.8 Å². The van der Waals surface area contributed by atoms with Crippen LogP contribution in [0, 0.1) is 0 Å². The van der Waals surface area contributed by atoms with Gasteiger partial charge in [0.05, 0.1) is 0 Å². The van der Waals surface area contributed by atoms with Crippen LogP contribution in [0.25, 0.3) is 0 Å². The van der Waals surface area contributed by atoms with Gasteiger partial charge in [-0.3, -0.25) is 0 Å². The monoisotopic (exact) mass is 292 g/mol. The second-order valence-electron chi connectivity index (χ2n) is 5.39. The largest absolute Gasteiger partial charge is 0.457 e. The van der Waals surface area contributed by atoms with Gasteiger partial charge in [0.2, 0.25) is 0 Å². The molecule has 0 bridgehead atoms. The van der Waals surface area contributed by atoms with Gasteiger partial charge in [-0.25, -0.2) is 0 Å². The highest BCUT2D eigenvalue weighted by Gasteiger charge is 2.33. The van der Waals surface area contributed by atoms with Gasteiger partial charge in [-0.1, -0.05) is 0 Å². The van der Waals surface area contributed by atoms with Crippen LogP contribution in [0.15, 0.2) is 0 Å². The summed E-state index contributed by atoms with van der Waals surface area (Å²) in [4.78, 5) is 0. The fourth-order valence-electron chi connectivity index (χ4n) is 2.12. The standard InChI is InChI=1S/C11H32N4OSi2/c1-17(2)16-18(3,4)11(15-10-7-13)5-8-14-9-6-12/h11,14-15,17H,5-10,12-13H2,1-4H3. The summed E-state index contributed by atoms with van der Waals surface area (Å²) >= 11 is 0. The maximum absolute atomic E-state index is 6.28. The number of hydrogen-bond acceptors (Lipinski definition) is 5. The average Bonchev–Trinajstić information content (AvgIpc) is 2.26. The summed E-state index contributed by atoms with van der Waals surface area (Å²) in [5.74, 6) is 0. The van der Waals surface area contributed by atoms with Crippen molar-refractivity contribution in [3.05, 3.63) is 0 Å². The Balaban J connectivity index is 4.26. The molecular formula is C11H32N4OSi2. The normalized spacial score (nSPS) is 14.2. The van der Waals surface area contributed by atoms with Crippen molar-refractivity contribution in [3.8, 4) is 0 Å². The van der Waals surface area contributed by atoms with Crippen molar-refractivity contribution in [1.82, 2.24) is 10.6 Å². The quantitative estimate of drug-likeness (QED) is 0.307. The van der Waals surface area contributed by atoms with E-state index in [0.717, 1.165) is 26.1 Å². The van der Waals surface area contributed by atoms with Crippen molar-refractivity contribution in [2.45, 2.75) is 38.3 Å². The smallest absolute Gasteiger partial charge is 0.190 e. The summed E-state index contributed by atoms with van der Waals surface area (Å²) in [5, 5.41) is 6.90. The molecule has 0 aliphatic carbocycles. The minimum atomic E-state index is -1.67. The van der Waals surface area contributed by atoms with Crippen molar-refractivity contribution < 1.29 is 4.12 Å². The Morgan fingerprint density at radius 2 is 1.72 bits per heavy atom. The first kappa shape index (κ1) is 18.2. The van der Waals surface area contributed by atoms with E-state index in [2.05, 4.69) is 36.8 Å². The molecule has 1 atom stereocenters. The van der Waals surface area contributed by atoms with Crippen LogP contribution in [0.3, 0.4) is 0 Å². The van der Waals surface area contributed by atoms with Crippen molar-refractivity contribution in [2.75, 3.05) is 32.7 Å². The van der Waals surface area contributed by atoms with Crippen LogP contribution in [-0.2, 0) is 4.12 Å². The maximum Gasteiger partial charge on any atom is 0.190 e. The van der Waals surface area contributed by atoms with Gasteiger partial charge in [0.25, 0.3) is 0 Å². The van der Waals surface area contributed by atoms with Crippen molar-refractivity contribution >= 4 is 17.4 Å². The van der Waals surface area contributed by atoms with Crippen LogP contribution < -0.4 is 22.1 Å². The number of rotatable bonds is 11. The molecule has 6 N–H and O–H groups in total. The van der Waals surface area contributed by atoms with Crippen LogP contribution in [-0.4, -0.2) is 55.7 Å². The third-order valence-corrected chi connectivity index (χ3v) is 9.33. The van der Waals surface area contributed by atoms with Gasteiger partial charge in [-0.15, -0.1) is 0 Å². The first-order valence-electron chi connectivity index (χ1n) is 6.96. The molecule has 0 rings (SSSR count). The van der Waals surface area contributed by atoms with Crippen LogP contribution in [0.5, 0.6) is 0 Å². The van der Waals surface area contributed by atoms with E-state index in [1.54, 1.807) is 0 Å². The summed E-state index contributed by atoms with van der Waals surface area (Å²) in [5.41, 5.74) is 11.5. The zero-order chi connectivity index (χ0) is 14.0. The Hall–Kier alpha value is 0.234. The third-order valence-electron chi connectivity index (χ3n) is 2.84. The van der Waals surface area contributed by atoms with Crippen LogP contribution in [0.2, 0.25) is 26.2 Å². The Kier molecular flexibility index (Phi) is 10.2. The number of nitrogens with one attached hydrogen (secondary N) is 2. The lowest BCUT2D eigenvalue weighted by molar-refractivity contribution is 0.479. The highest BCUT2D eigenvalue weighted by Crippen LogP contribution is 2.14. The number of nitrogens with two attached hydrogens (primary N) is 2. The predicted molar refractivity (Wildman–Crippen MR) is 84.8 cm³/mol. The van der Waals surface area contributed by atoms with Gasteiger partial charge in [-0.05, 0) is 39.2 Å². The molecule has 0 aromatic heterocycles. The Morgan fingerprint density at radius 3 is 2.22 bits per heavy atom. The topological polar surface area (TPSA) is 85.3 Å². The maximum atomic E-state index is 6.28. The Bertz CT molecular complexity index is 205. The molecule has 7 heteroatoms. The molecular weight excluding hydrogens is 260 g/mol. The first-order chi connectivity index (χ1) is 8.44. The minimum Gasteiger partial charge on any atom is -0.457 e. The zero-order valence-corrected chi connectivity index (χ0v) is 14.6. The second-order valence-corrected chi connectivity index (χ2v) is 12.3. The van der Waals surface area contributed by atoms with Crippen molar-refractivity contribution in [2.24, 2.45) is 11.5 Å². The molecule has 0 saturated carbocycles. The van der Waals surface area contributed by atoms with Gasteiger partial charge in [0, 0.05) is 31.8 Å². The Morgan fingerprint density at radius 1 is 1.11 bits per heavy atom. The van der Waals surface area contributed by atoms with E-state index in [9.17, 15) is 0 Å². The van der Waals surface area contributed by atoms with E-state index in [-0.39, 0.29) is 0 Å². The van der Waals surface area contributed by atoms with Gasteiger partial charge in [-0.2, -0.15) is 0 Å². The molecule has 0 aliphatic rings. The molecule has 0 radical (unpaired) electrons. The second kappa shape index (κ2) is 10.1. The predicted octanol–water partition coefficient (Wildman–Crippen LogP) is -0.414. The Labute approximate surface area is 115 Å². The molecule has 110 valence electrons. The fourth-order valence-corrected chi connectivity index (χ4v) is 9.11. The molecule has 0 spiro atoms. The molecule has 0 fully saturated rings. The summed E-state index contributed by atoms with van der Waals surface area (Å²) in [6.07, 6.45) is 1.08. The lowest BCUT2D eigenvalue weighted by Crippen LogP contribution is -2.56. The summed E-state index contributed by atoms with van der Waals surface area (Å²) in [6.45, 7) is 13.2. The zero-order valence-electron chi connectivity index (χ0n) is 12.5. The molecule has 0 aliphatic heterocycles. The molecule has 0 aromatic rings. The van der Waals surface area contributed by atoms with E-state index in [4.69, 9.17) is 15.6 Å². The lowest BCUT2D eigenvalue weighted by atomic mass is 10.4. The molecule has 0 aromatic carbocycles. The lowest BCUT2D eigenvalue weighted by Gasteiger charge is -2.35. The molecule has 1 unspecified atom stereocenters. The highest BCUT2D eigenvalue weighted by molar-refractivity contribution is 6.79. The van der Waals surface area contributed by atoms with Crippen molar-refractivity contribution in [1.29, 1.82) is 0 Å². The fraction of sp³-hybridized carbons (Fsp3) is 1.00. The summed E-state index contributed by atoms with van der Waals surface area (Å²) in [6, 6.07) is 0. The average molecular weight is 293 g/mol. The molecule has 18 heavy (non-hydrogen) atoms. The van der Waals surface area contributed by atoms with Gasteiger partial charge in [0.1, 0.15) is 0 Å². The first-order valence-corrected chi connectivity index (χ1v) is 12.7. The van der Waals surface area contributed by atoms with Gasteiger partial charge < -0.3 is 26.2 Å². The highest BCUT2D eigenvalue weighted by atomic mass is 28.4. The van der Waals surface area contributed by atoms with E-state index in [1.807, 2.05) is 0 Å². The van der Waals surface area contributed by atoms with Crippen LogP contribution >= 0.6 is 0 Å². The van der Waals surface area contributed by atoms with E-state index < -0.39 is 17.4 Å². The third kappa shape index (κ3) is 8.36. The summed E-state index contributed by atoms with van der Waals surface area (Å²) < 4.78 is 6.28. The molecule has 5 nitrogen and oxygen atoms in total. The van der Waals surface area contributed by atoms with Crippen molar-refractivity contribution in [3.63, 3.8) is 0 Å². The SMILES string of the molecule is C[SiH](C)O[Si](C)(C)C(CCNCCN)NCCN. The van der Waals surface area contributed by atoms with Gasteiger partial charge >= 0.3 is 0 Å². The minimum absolute atomic E-state index is 0.459.